The molecule has 1 aromatic carbocycles. The van der Waals surface area contributed by atoms with E-state index in [1.54, 1.807) is 6.92 Å². The molecule has 0 aliphatic heterocycles. The molecule has 0 saturated heterocycles. The summed E-state index contributed by atoms with van der Waals surface area (Å²) >= 11 is 0. The topological polar surface area (TPSA) is 106 Å². The van der Waals surface area contributed by atoms with Crippen molar-refractivity contribution in [2.24, 2.45) is 11.3 Å². The van der Waals surface area contributed by atoms with Crippen LogP contribution < -0.4 is 10.2 Å². The maximum atomic E-state index is 12.1. The predicted octanol–water partition coefficient (Wildman–Crippen LogP) is 1.43. The number of aliphatic carboxylic acids is 1. The number of fused-ring (bicyclic) bond motifs is 3. The number of nitro groups is 1. The maximum absolute atomic E-state index is 12.1. The van der Waals surface area contributed by atoms with Crippen LogP contribution in [0.15, 0.2) is 12.1 Å². The van der Waals surface area contributed by atoms with Crippen molar-refractivity contribution in [3.63, 3.8) is 0 Å². The number of carboxylic acid groups (broad SMARTS) is 1. The number of carbonyl (C=O) groups is 1. The van der Waals surface area contributed by atoms with E-state index < -0.39 is 33.2 Å². The summed E-state index contributed by atoms with van der Waals surface area (Å²) in [6.07, 6.45) is 3.29. The highest BCUT2D eigenvalue weighted by Gasteiger charge is 2.52. The smallest absolute Gasteiger partial charge is 0.262 e. The first-order chi connectivity index (χ1) is 10.7. The molecule has 6 heteroatoms. The number of aryl methyl sites for hydroxylation is 1. The minimum Gasteiger partial charge on any atom is -0.868 e. The summed E-state index contributed by atoms with van der Waals surface area (Å²) in [5.41, 5.74) is -0.178. The second kappa shape index (κ2) is 4.94. The van der Waals surface area contributed by atoms with E-state index in [0.717, 1.165) is 24.0 Å². The summed E-state index contributed by atoms with van der Waals surface area (Å²) in [6.45, 7) is 3.72. The van der Waals surface area contributed by atoms with Crippen LogP contribution in [0.5, 0.6) is 5.75 Å². The molecule has 23 heavy (non-hydrogen) atoms. The first kappa shape index (κ1) is 15.8. The molecule has 2 aliphatic rings. The van der Waals surface area contributed by atoms with Crippen molar-refractivity contribution in [2.45, 2.75) is 51.4 Å². The fourth-order valence-electron chi connectivity index (χ4n) is 4.87. The number of nitrogens with zero attached hydrogens (tertiary/aromatic N) is 1. The number of nitro benzene ring substituents is 1. The maximum Gasteiger partial charge on any atom is 0.262 e. The highest BCUT2D eigenvalue weighted by Crippen LogP contribution is 2.57. The Kier molecular flexibility index (Phi) is 3.39. The number of carboxylic acids is 1. The molecule has 3 rings (SSSR count). The monoisotopic (exact) mass is 317 g/mol. The Morgan fingerprint density at radius 1 is 1.30 bits per heavy atom. The van der Waals surface area contributed by atoms with Gasteiger partial charge in [-0.2, -0.15) is 0 Å². The fourth-order valence-corrected chi connectivity index (χ4v) is 4.87. The van der Waals surface area contributed by atoms with Crippen LogP contribution in [0.4, 0.5) is 5.69 Å². The van der Waals surface area contributed by atoms with Crippen LogP contribution in [-0.4, -0.2) is 10.9 Å². The zero-order valence-electron chi connectivity index (χ0n) is 13.3. The number of benzene rings is 1. The van der Waals surface area contributed by atoms with Crippen molar-refractivity contribution in [3.8, 4) is 5.75 Å². The summed E-state index contributed by atoms with van der Waals surface area (Å²) in [6, 6.07) is 2.74. The summed E-state index contributed by atoms with van der Waals surface area (Å²) in [4.78, 5) is 22.1. The largest absolute Gasteiger partial charge is 0.868 e. The third-order valence-electron chi connectivity index (χ3n) is 6.10. The van der Waals surface area contributed by atoms with E-state index in [1.165, 1.54) is 12.1 Å². The lowest BCUT2D eigenvalue weighted by Gasteiger charge is -2.56. The zero-order chi connectivity index (χ0) is 17.0. The van der Waals surface area contributed by atoms with Gasteiger partial charge in [0.05, 0.1) is 4.92 Å². The van der Waals surface area contributed by atoms with E-state index in [1.807, 2.05) is 6.92 Å². The van der Waals surface area contributed by atoms with Gasteiger partial charge >= 0.3 is 0 Å². The number of hydrogen-bond donors (Lipinski definition) is 0. The van der Waals surface area contributed by atoms with Gasteiger partial charge in [0.1, 0.15) is 0 Å². The Labute approximate surface area is 134 Å². The van der Waals surface area contributed by atoms with E-state index in [0.29, 0.717) is 19.3 Å². The minimum absolute atomic E-state index is 0.123. The molecule has 0 radical (unpaired) electrons. The van der Waals surface area contributed by atoms with Crippen LogP contribution in [0.1, 0.15) is 50.7 Å². The highest BCUT2D eigenvalue weighted by molar-refractivity contribution is 5.73. The fraction of sp³-hybridized carbons (Fsp3) is 0.588. The quantitative estimate of drug-likeness (QED) is 0.606. The molecule has 3 atom stereocenters. The van der Waals surface area contributed by atoms with Gasteiger partial charge in [-0.25, -0.2) is 0 Å². The average molecular weight is 317 g/mol. The Hall–Kier alpha value is -2.11. The van der Waals surface area contributed by atoms with Gasteiger partial charge in [-0.1, -0.05) is 26.3 Å². The Morgan fingerprint density at radius 2 is 2.00 bits per heavy atom. The van der Waals surface area contributed by atoms with Crippen LogP contribution >= 0.6 is 0 Å². The van der Waals surface area contributed by atoms with E-state index in [2.05, 4.69) is 0 Å². The average Bonchev–Trinajstić information content (AvgIpc) is 2.46. The van der Waals surface area contributed by atoms with Gasteiger partial charge in [0.2, 0.25) is 0 Å². The molecule has 2 aliphatic carbocycles. The van der Waals surface area contributed by atoms with Crippen LogP contribution in [0.25, 0.3) is 0 Å². The van der Waals surface area contributed by atoms with Gasteiger partial charge in [-0.15, -0.1) is 0 Å². The summed E-state index contributed by atoms with van der Waals surface area (Å²) < 4.78 is 0. The first-order valence-electron chi connectivity index (χ1n) is 7.90. The summed E-state index contributed by atoms with van der Waals surface area (Å²) in [7, 11) is 0. The molecule has 1 saturated carbocycles. The van der Waals surface area contributed by atoms with E-state index >= 15 is 0 Å². The Morgan fingerprint density at radius 3 is 2.61 bits per heavy atom. The molecule has 0 aromatic heterocycles. The van der Waals surface area contributed by atoms with Crippen LogP contribution in [0.2, 0.25) is 0 Å². The number of hydrogen-bond acceptors (Lipinski definition) is 5. The summed E-state index contributed by atoms with van der Waals surface area (Å²) in [5, 5.41) is 34.8. The molecule has 0 N–H and O–H groups in total. The van der Waals surface area contributed by atoms with Gasteiger partial charge < -0.3 is 15.0 Å². The Bertz CT molecular complexity index is 700. The first-order valence-corrected chi connectivity index (χ1v) is 7.90. The second-order valence-corrected chi connectivity index (χ2v) is 7.30. The van der Waals surface area contributed by atoms with Crippen molar-refractivity contribution in [2.75, 3.05) is 0 Å². The van der Waals surface area contributed by atoms with Crippen LogP contribution in [-0.2, 0) is 16.6 Å². The van der Waals surface area contributed by atoms with Gasteiger partial charge in [-0.3, -0.25) is 10.1 Å². The predicted molar refractivity (Wildman–Crippen MR) is 78.7 cm³/mol. The molecule has 124 valence electrons. The SMILES string of the molecule is C[C@@]1(C(=O)[O-])CCC[C@]2(C)c3cc([O-])c([N+](=O)[O-])cc3CC[C@@H]12. The molecule has 0 bridgehead atoms. The lowest BCUT2D eigenvalue weighted by atomic mass is 9.50. The van der Waals surface area contributed by atoms with Crippen LogP contribution in [0.3, 0.4) is 0 Å². The number of carbonyl (C=O) groups excluding carboxylic acids is 1. The lowest BCUT2D eigenvalue weighted by molar-refractivity contribution is -0.398. The van der Waals surface area contributed by atoms with Gasteiger partial charge in [0.25, 0.3) is 5.69 Å². The van der Waals surface area contributed by atoms with Gasteiger partial charge in [-0.05, 0) is 53.9 Å². The van der Waals surface area contributed by atoms with Crippen molar-refractivity contribution in [3.05, 3.63) is 33.4 Å². The Balaban J connectivity index is 2.15. The van der Waals surface area contributed by atoms with E-state index in [-0.39, 0.29) is 5.92 Å². The van der Waals surface area contributed by atoms with E-state index in [4.69, 9.17) is 0 Å². The molecule has 0 heterocycles. The van der Waals surface area contributed by atoms with Crippen LogP contribution in [0, 0.1) is 21.4 Å². The second-order valence-electron chi connectivity index (χ2n) is 7.30. The third-order valence-corrected chi connectivity index (χ3v) is 6.10. The molecule has 0 unspecified atom stereocenters. The van der Waals surface area contributed by atoms with Crippen molar-refractivity contribution in [1.29, 1.82) is 0 Å². The molecular weight excluding hydrogens is 298 g/mol. The van der Waals surface area contributed by atoms with Crippen molar-refractivity contribution in [1.82, 2.24) is 0 Å². The van der Waals surface area contributed by atoms with E-state index in [9.17, 15) is 25.1 Å². The molecular formula is C17H19NO5-2. The molecule has 0 amide bonds. The minimum atomic E-state index is -1.04. The molecule has 1 fully saturated rings. The summed E-state index contributed by atoms with van der Waals surface area (Å²) in [5.74, 6) is -1.76. The molecule has 6 nitrogen and oxygen atoms in total. The normalized spacial score (nSPS) is 32.7. The standard InChI is InChI=1S/C17H21NO5/c1-16-6-3-7-17(2,15(20)21)14(16)5-4-10-8-12(18(22)23)13(19)9-11(10)16/h8-9,14,19H,3-7H2,1-2H3,(H,20,21)/p-2/t14-,16-,17-/m1/s1. The third kappa shape index (κ3) is 2.11. The zero-order valence-corrected chi connectivity index (χ0v) is 13.3. The van der Waals surface area contributed by atoms with Crippen molar-refractivity contribution >= 4 is 11.7 Å². The number of rotatable bonds is 2. The molecule has 0 spiro atoms. The van der Waals surface area contributed by atoms with Crippen molar-refractivity contribution < 1.29 is 19.9 Å². The van der Waals surface area contributed by atoms with Gasteiger partial charge in [0, 0.05) is 17.5 Å². The highest BCUT2D eigenvalue weighted by atomic mass is 16.6. The molecule has 1 aromatic rings. The van der Waals surface area contributed by atoms with Gasteiger partial charge in [0.15, 0.2) is 0 Å². The lowest BCUT2D eigenvalue weighted by Crippen LogP contribution is -2.56.